The minimum atomic E-state index is -3.92. The van der Waals surface area contributed by atoms with Crippen LogP contribution in [-0.4, -0.2) is 49.0 Å². The van der Waals surface area contributed by atoms with Crippen LogP contribution >= 0.6 is 0 Å². The SMILES string of the molecule is CCOC(=O)c1ccc(C)c(S(=O)(=O)N2CCC[C@H](C(=O)O)[C@@H]2C)c1. The van der Waals surface area contributed by atoms with Crippen LogP contribution in [-0.2, 0) is 19.6 Å². The van der Waals surface area contributed by atoms with Crippen LogP contribution in [0.1, 0.15) is 42.6 Å². The van der Waals surface area contributed by atoms with Gasteiger partial charge in [-0.2, -0.15) is 4.31 Å². The second kappa shape index (κ2) is 7.53. The first-order valence-corrected chi connectivity index (χ1v) is 9.66. The number of carbonyl (C=O) groups excluding carboxylic acids is 1. The smallest absolute Gasteiger partial charge is 0.338 e. The number of aliphatic carboxylic acids is 1. The van der Waals surface area contributed by atoms with Crippen LogP contribution in [0.15, 0.2) is 23.1 Å². The van der Waals surface area contributed by atoms with E-state index in [1.54, 1.807) is 26.8 Å². The highest BCUT2D eigenvalue weighted by molar-refractivity contribution is 7.89. The summed E-state index contributed by atoms with van der Waals surface area (Å²) < 4.78 is 32.4. The van der Waals surface area contributed by atoms with Crippen molar-refractivity contribution in [2.75, 3.05) is 13.2 Å². The number of carboxylic acid groups (broad SMARTS) is 1. The van der Waals surface area contributed by atoms with Crippen LogP contribution in [0.5, 0.6) is 0 Å². The number of nitrogens with zero attached hydrogens (tertiary/aromatic N) is 1. The Balaban J connectivity index is 2.43. The summed E-state index contributed by atoms with van der Waals surface area (Å²) in [7, 11) is -3.92. The van der Waals surface area contributed by atoms with E-state index in [-0.39, 0.29) is 23.6 Å². The number of aryl methyl sites for hydroxylation is 1. The molecule has 0 bridgehead atoms. The van der Waals surface area contributed by atoms with E-state index >= 15 is 0 Å². The lowest BCUT2D eigenvalue weighted by atomic mass is 9.92. The number of benzene rings is 1. The summed E-state index contributed by atoms with van der Waals surface area (Å²) >= 11 is 0. The van der Waals surface area contributed by atoms with Gasteiger partial charge in [-0.1, -0.05) is 6.07 Å². The lowest BCUT2D eigenvalue weighted by Crippen LogP contribution is -2.49. The number of sulfonamides is 1. The van der Waals surface area contributed by atoms with Gasteiger partial charge in [-0.25, -0.2) is 13.2 Å². The lowest BCUT2D eigenvalue weighted by molar-refractivity contribution is -0.144. The van der Waals surface area contributed by atoms with Gasteiger partial charge in [0.1, 0.15) is 0 Å². The van der Waals surface area contributed by atoms with Crippen molar-refractivity contribution in [3.8, 4) is 0 Å². The summed E-state index contributed by atoms with van der Waals surface area (Å²) in [4.78, 5) is 23.3. The van der Waals surface area contributed by atoms with E-state index in [1.165, 1.54) is 16.4 Å². The molecule has 0 amide bonds. The molecule has 0 spiro atoms. The topological polar surface area (TPSA) is 101 Å². The lowest BCUT2D eigenvalue weighted by Gasteiger charge is -2.36. The van der Waals surface area contributed by atoms with Crippen LogP contribution in [0.4, 0.5) is 0 Å². The Hall–Kier alpha value is -1.93. The van der Waals surface area contributed by atoms with Gasteiger partial charge in [-0.3, -0.25) is 4.79 Å². The Bertz CT molecular complexity index is 773. The summed E-state index contributed by atoms with van der Waals surface area (Å²) in [6.45, 7) is 5.38. The van der Waals surface area contributed by atoms with Gasteiger partial charge in [0.05, 0.1) is 23.0 Å². The van der Waals surface area contributed by atoms with Gasteiger partial charge in [-0.15, -0.1) is 0 Å². The average molecular weight is 369 g/mol. The van der Waals surface area contributed by atoms with Crippen molar-refractivity contribution in [2.45, 2.75) is 44.6 Å². The van der Waals surface area contributed by atoms with Gasteiger partial charge in [0.15, 0.2) is 0 Å². The van der Waals surface area contributed by atoms with E-state index < -0.39 is 33.9 Å². The second-order valence-electron chi connectivity index (χ2n) is 6.14. The molecule has 1 fully saturated rings. The van der Waals surface area contributed by atoms with Crippen LogP contribution in [0, 0.1) is 12.8 Å². The van der Waals surface area contributed by atoms with Gasteiger partial charge in [0.25, 0.3) is 0 Å². The van der Waals surface area contributed by atoms with Crippen molar-refractivity contribution in [1.82, 2.24) is 4.31 Å². The highest BCUT2D eigenvalue weighted by Crippen LogP contribution is 2.31. The fourth-order valence-electron chi connectivity index (χ4n) is 3.13. The quantitative estimate of drug-likeness (QED) is 0.797. The van der Waals surface area contributed by atoms with Gasteiger partial charge >= 0.3 is 11.9 Å². The van der Waals surface area contributed by atoms with E-state index in [0.717, 1.165) is 0 Å². The largest absolute Gasteiger partial charge is 0.481 e. The van der Waals surface area contributed by atoms with Crippen molar-refractivity contribution < 1.29 is 27.9 Å². The maximum atomic E-state index is 13.1. The first kappa shape index (κ1) is 19.4. The molecule has 0 aromatic heterocycles. The molecule has 1 aromatic carbocycles. The predicted molar refractivity (Wildman–Crippen MR) is 90.8 cm³/mol. The molecule has 138 valence electrons. The summed E-state index contributed by atoms with van der Waals surface area (Å²) in [6.07, 6.45) is 0.932. The fraction of sp³-hybridized carbons (Fsp3) is 0.529. The zero-order valence-electron chi connectivity index (χ0n) is 14.6. The van der Waals surface area contributed by atoms with Crippen LogP contribution in [0.2, 0.25) is 0 Å². The number of esters is 1. The molecule has 2 rings (SSSR count). The maximum Gasteiger partial charge on any atom is 0.338 e. The first-order chi connectivity index (χ1) is 11.7. The summed E-state index contributed by atoms with van der Waals surface area (Å²) in [5, 5.41) is 9.31. The minimum Gasteiger partial charge on any atom is -0.481 e. The zero-order chi connectivity index (χ0) is 18.8. The van der Waals surface area contributed by atoms with Crippen molar-refractivity contribution in [1.29, 1.82) is 0 Å². The van der Waals surface area contributed by atoms with Crippen molar-refractivity contribution in [3.63, 3.8) is 0 Å². The Morgan fingerprint density at radius 3 is 2.64 bits per heavy atom. The van der Waals surface area contributed by atoms with E-state index in [9.17, 15) is 23.1 Å². The number of rotatable bonds is 5. The molecule has 2 atom stereocenters. The molecule has 8 heteroatoms. The Morgan fingerprint density at radius 1 is 1.36 bits per heavy atom. The van der Waals surface area contributed by atoms with Gasteiger partial charge in [0, 0.05) is 12.6 Å². The molecule has 0 saturated carbocycles. The summed E-state index contributed by atoms with van der Waals surface area (Å²) in [5.41, 5.74) is 0.656. The third-order valence-electron chi connectivity index (χ3n) is 4.53. The van der Waals surface area contributed by atoms with Crippen LogP contribution in [0.25, 0.3) is 0 Å². The molecule has 0 unspecified atom stereocenters. The van der Waals surface area contributed by atoms with Gasteiger partial charge in [0.2, 0.25) is 10.0 Å². The predicted octanol–water partition coefficient (Wildman–Crippen LogP) is 2.05. The van der Waals surface area contributed by atoms with E-state index in [2.05, 4.69) is 0 Å². The van der Waals surface area contributed by atoms with E-state index in [0.29, 0.717) is 18.4 Å². The Morgan fingerprint density at radius 2 is 2.04 bits per heavy atom. The normalized spacial score (nSPS) is 21.7. The molecule has 1 aliphatic rings. The molecule has 1 saturated heterocycles. The second-order valence-corrected chi connectivity index (χ2v) is 8.00. The highest BCUT2D eigenvalue weighted by atomic mass is 32.2. The highest BCUT2D eigenvalue weighted by Gasteiger charge is 2.40. The maximum absolute atomic E-state index is 13.1. The minimum absolute atomic E-state index is 0.0101. The molecular formula is C17H23NO6S. The third-order valence-corrected chi connectivity index (χ3v) is 6.66. The third kappa shape index (κ3) is 3.85. The van der Waals surface area contributed by atoms with Crippen molar-refractivity contribution >= 4 is 22.0 Å². The number of carbonyl (C=O) groups is 2. The van der Waals surface area contributed by atoms with E-state index in [4.69, 9.17) is 4.74 Å². The molecule has 7 nitrogen and oxygen atoms in total. The average Bonchev–Trinajstić information content (AvgIpc) is 2.55. The summed E-state index contributed by atoms with van der Waals surface area (Å²) in [6, 6.07) is 3.73. The monoisotopic (exact) mass is 369 g/mol. The number of ether oxygens (including phenoxy) is 1. The van der Waals surface area contributed by atoms with Gasteiger partial charge < -0.3 is 9.84 Å². The number of piperidine rings is 1. The molecule has 1 N–H and O–H groups in total. The first-order valence-electron chi connectivity index (χ1n) is 8.22. The number of hydrogen-bond donors (Lipinski definition) is 1. The van der Waals surface area contributed by atoms with E-state index in [1.807, 2.05) is 0 Å². The van der Waals surface area contributed by atoms with Crippen LogP contribution in [0.3, 0.4) is 0 Å². The molecule has 1 aromatic rings. The number of carboxylic acids is 1. The van der Waals surface area contributed by atoms with Crippen molar-refractivity contribution in [3.05, 3.63) is 29.3 Å². The Kier molecular flexibility index (Phi) is 5.84. The molecule has 0 radical (unpaired) electrons. The summed E-state index contributed by atoms with van der Waals surface area (Å²) in [5.74, 6) is -2.32. The Labute approximate surface area is 147 Å². The molecular weight excluding hydrogens is 346 g/mol. The van der Waals surface area contributed by atoms with Crippen molar-refractivity contribution in [2.24, 2.45) is 5.92 Å². The molecule has 1 aliphatic heterocycles. The standard InChI is InChI=1S/C17H23NO6S/c1-4-24-17(21)13-8-7-11(2)15(10-13)25(22,23)18-9-5-6-14(12(18)3)16(19)20/h7-8,10,12,14H,4-6,9H2,1-3H3,(H,19,20)/t12-,14-/m0/s1. The molecule has 0 aliphatic carbocycles. The molecule has 25 heavy (non-hydrogen) atoms. The number of hydrogen-bond acceptors (Lipinski definition) is 5. The molecule has 1 heterocycles. The van der Waals surface area contributed by atoms with Crippen LogP contribution < -0.4 is 0 Å². The van der Waals surface area contributed by atoms with Gasteiger partial charge in [-0.05, 0) is 51.3 Å². The fourth-order valence-corrected chi connectivity index (χ4v) is 5.08. The zero-order valence-corrected chi connectivity index (χ0v) is 15.4.